The summed E-state index contributed by atoms with van der Waals surface area (Å²) in [6.45, 7) is 7.27. The minimum Gasteiger partial charge on any atom is -0.444 e. The molecule has 1 amide bonds. The number of carbonyl (C=O) groups is 1. The Kier molecular flexibility index (Phi) is 4.15. The van der Waals surface area contributed by atoms with E-state index in [4.69, 9.17) is 15.2 Å². The van der Waals surface area contributed by atoms with Crippen molar-refractivity contribution in [2.45, 2.75) is 32.5 Å². The molecule has 2 N–H and O–H groups in total. The highest BCUT2D eigenvalue weighted by Crippen LogP contribution is 2.21. The van der Waals surface area contributed by atoms with E-state index >= 15 is 0 Å². The first kappa shape index (κ1) is 13.3. The van der Waals surface area contributed by atoms with Crippen molar-refractivity contribution in [2.75, 3.05) is 26.7 Å². The van der Waals surface area contributed by atoms with Crippen molar-refractivity contribution in [2.24, 2.45) is 11.7 Å². The van der Waals surface area contributed by atoms with Crippen LogP contribution in [0.15, 0.2) is 0 Å². The summed E-state index contributed by atoms with van der Waals surface area (Å²) >= 11 is 0. The lowest BCUT2D eigenvalue weighted by Crippen LogP contribution is -2.36. The number of nitrogens with two attached hydrogens (primary N) is 1. The van der Waals surface area contributed by atoms with Crippen LogP contribution in [-0.2, 0) is 9.47 Å². The molecule has 1 fully saturated rings. The molecule has 0 aromatic carbocycles. The number of methoxy groups -OCH3 is 1. The van der Waals surface area contributed by atoms with Gasteiger partial charge < -0.3 is 20.1 Å². The first-order valence-corrected chi connectivity index (χ1v) is 5.58. The van der Waals surface area contributed by atoms with E-state index in [2.05, 4.69) is 0 Å². The van der Waals surface area contributed by atoms with E-state index in [0.29, 0.717) is 19.6 Å². The first-order chi connectivity index (χ1) is 7.37. The second-order valence-electron chi connectivity index (χ2n) is 5.16. The summed E-state index contributed by atoms with van der Waals surface area (Å²) in [7, 11) is 1.64. The van der Waals surface area contributed by atoms with Crippen molar-refractivity contribution in [3.05, 3.63) is 0 Å². The SMILES string of the molecule is CO[C@@H]1CN(C(=O)OC(C)(C)C)C[C@H]1CN. The molecule has 1 aliphatic heterocycles. The van der Waals surface area contributed by atoms with Crippen LogP contribution in [0, 0.1) is 5.92 Å². The second-order valence-corrected chi connectivity index (χ2v) is 5.16. The lowest BCUT2D eigenvalue weighted by molar-refractivity contribution is 0.0251. The molecule has 0 bridgehead atoms. The van der Waals surface area contributed by atoms with Crippen molar-refractivity contribution < 1.29 is 14.3 Å². The zero-order valence-corrected chi connectivity index (χ0v) is 10.5. The minimum atomic E-state index is -0.458. The number of ether oxygens (including phenoxy) is 2. The Bertz CT molecular complexity index is 238. The number of rotatable bonds is 2. The number of hydrogen-bond acceptors (Lipinski definition) is 4. The number of likely N-dealkylation sites (tertiary alicyclic amines) is 1. The summed E-state index contributed by atoms with van der Waals surface area (Å²) in [5.41, 5.74) is 5.17. The van der Waals surface area contributed by atoms with Gasteiger partial charge in [0.25, 0.3) is 0 Å². The fourth-order valence-corrected chi connectivity index (χ4v) is 1.81. The maximum atomic E-state index is 11.8. The zero-order valence-electron chi connectivity index (χ0n) is 10.5. The standard InChI is InChI=1S/C11H22N2O3/c1-11(2,3)16-10(14)13-6-8(5-12)9(7-13)15-4/h8-9H,5-7,12H2,1-4H3/t8-,9-/m1/s1. The summed E-state index contributed by atoms with van der Waals surface area (Å²) < 4.78 is 10.6. The average molecular weight is 230 g/mol. The van der Waals surface area contributed by atoms with Crippen molar-refractivity contribution >= 4 is 6.09 Å². The molecule has 1 heterocycles. The molecule has 0 radical (unpaired) electrons. The Morgan fingerprint density at radius 3 is 2.44 bits per heavy atom. The smallest absolute Gasteiger partial charge is 0.410 e. The molecule has 94 valence electrons. The summed E-state index contributed by atoms with van der Waals surface area (Å²) in [5, 5.41) is 0. The average Bonchev–Trinajstić information content (AvgIpc) is 2.57. The summed E-state index contributed by atoms with van der Waals surface area (Å²) in [4.78, 5) is 13.5. The van der Waals surface area contributed by atoms with E-state index in [1.165, 1.54) is 0 Å². The van der Waals surface area contributed by atoms with Gasteiger partial charge in [-0.25, -0.2) is 4.79 Å². The van der Waals surface area contributed by atoms with Gasteiger partial charge in [-0.2, -0.15) is 0 Å². The molecule has 16 heavy (non-hydrogen) atoms. The van der Waals surface area contributed by atoms with Crippen LogP contribution in [0.25, 0.3) is 0 Å². The van der Waals surface area contributed by atoms with Gasteiger partial charge in [0.05, 0.1) is 12.6 Å². The monoisotopic (exact) mass is 230 g/mol. The fraction of sp³-hybridized carbons (Fsp3) is 0.909. The molecule has 0 aliphatic carbocycles. The molecule has 0 spiro atoms. The second kappa shape index (κ2) is 5.01. The molecule has 1 aliphatic rings. The van der Waals surface area contributed by atoms with Gasteiger partial charge in [-0.15, -0.1) is 0 Å². The molecule has 0 aromatic heterocycles. The van der Waals surface area contributed by atoms with Crippen molar-refractivity contribution in [1.29, 1.82) is 0 Å². The molecule has 0 aromatic rings. The minimum absolute atomic E-state index is 0.0255. The number of amides is 1. The number of hydrogen-bond donors (Lipinski definition) is 1. The van der Waals surface area contributed by atoms with Crippen LogP contribution in [0.5, 0.6) is 0 Å². The van der Waals surface area contributed by atoms with Crippen LogP contribution in [0.2, 0.25) is 0 Å². The molecule has 5 heteroatoms. The Hall–Kier alpha value is -0.810. The highest BCUT2D eigenvalue weighted by Gasteiger charge is 2.36. The molecule has 0 unspecified atom stereocenters. The largest absolute Gasteiger partial charge is 0.444 e. The Balaban J connectivity index is 2.54. The van der Waals surface area contributed by atoms with Crippen molar-refractivity contribution in [3.8, 4) is 0 Å². The molecule has 1 rings (SSSR count). The van der Waals surface area contributed by atoms with Crippen LogP contribution in [-0.4, -0.2) is 49.4 Å². The van der Waals surface area contributed by atoms with Gasteiger partial charge >= 0.3 is 6.09 Å². The third-order valence-electron chi connectivity index (χ3n) is 2.64. The van der Waals surface area contributed by atoms with E-state index in [9.17, 15) is 4.79 Å². The van der Waals surface area contributed by atoms with Crippen LogP contribution < -0.4 is 5.73 Å². The topological polar surface area (TPSA) is 64.8 Å². The molecule has 5 nitrogen and oxygen atoms in total. The van der Waals surface area contributed by atoms with E-state index in [1.54, 1.807) is 12.0 Å². The third kappa shape index (κ3) is 3.35. The van der Waals surface area contributed by atoms with Gasteiger partial charge in [0.1, 0.15) is 5.60 Å². The van der Waals surface area contributed by atoms with Crippen LogP contribution in [0.3, 0.4) is 0 Å². The Labute approximate surface area is 96.9 Å². The van der Waals surface area contributed by atoms with E-state index in [0.717, 1.165) is 0 Å². The highest BCUT2D eigenvalue weighted by molar-refractivity contribution is 5.68. The van der Waals surface area contributed by atoms with Crippen LogP contribution in [0.4, 0.5) is 4.79 Å². The summed E-state index contributed by atoms with van der Waals surface area (Å²) in [5.74, 6) is 0.206. The molecular formula is C11H22N2O3. The lowest BCUT2D eigenvalue weighted by atomic mass is 10.1. The van der Waals surface area contributed by atoms with Gasteiger partial charge in [-0.3, -0.25) is 0 Å². The summed E-state index contributed by atoms with van der Waals surface area (Å²) in [6.07, 6.45) is -0.261. The Morgan fingerprint density at radius 1 is 1.44 bits per heavy atom. The number of nitrogens with zero attached hydrogens (tertiary/aromatic N) is 1. The van der Waals surface area contributed by atoms with Gasteiger partial charge in [-0.05, 0) is 27.3 Å². The normalized spacial score (nSPS) is 25.9. The van der Waals surface area contributed by atoms with Gasteiger partial charge in [-0.1, -0.05) is 0 Å². The number of carbonyl (C=O) groups excluding carboxylic acids is 1. The van der Waals surface area contributed by atoms with Gasteiger partial charge in [0.15, 0.2) is 0 Å². The fourth-order valence-electron chi connectivity index (χ4n) is 1.81. The Morgan fingerprint density at radius 2 is 2.06 bits per heavy atom. The molecule has 1 saturated heterocycles. The lowest BCUT2D eigenvalue weighted by Gasteiger charge is -2.24. The predicted octanol–water partition coefficient (Wildman–Crippen LogP) is 0.827. The van der Waals surface area contributed by atoms with E-state index < -0.39 is 5.60 Å². The highest BCUT2D eigenvalue weighted by atomic mass is 16.6. The van der Waals surface area contributed by atoms with Gasteiger partial charge in [0.2, 0.25) is 0 Å². The molecule has 0 saturated carbocycles. The van der Waals surface area contributed by atoms with Crippen molar-refractivity contribution in [3.63, 3.8) is 0 Å². The van der Waals surface area contributed by atoms with Crippen LogP contribution >= 0.6 is 0 Å². The summed E-state index contributed by atoms with van der Waals surface area (Å²) in [6, 6.07) is 0. The maximum absolute atomic E-state index is 11.8. The predicted molar refractivity (Wildman–Crippen MR) is 61.1 cm³/mol. The third-order valence-corrected chi connectivity index (χ3v) is 2.64. The van der Waals surface area contributed by atoms with Crippen LogP contribution in [0.1, 0.15) is 20.8 Å². The first-order valence-electron chi connectivity index (χ1n) is 5.58. The zero-order chi connectivity index (χ0) is 12.3. The quantitative estimate of drug-likeness (QED) is 0.763. The van der Waals surface area contributed by atoms with Gasteiger partial charge in [0, 0.05) is 19.6 Å². The van der Waals surface area contributed by atoms with Crippen molar-refractivity contribution in [1.82, 2.24) is 4.90 Å². The molecule has 2 atom stereocenters. The molecular weight excluding hydrogens is 208 g/mol. The van der Waals surface area contributed by atoms with E-state index in [1.807, 2.05) is 20.8 Å². The van der Waals surface area contributed by atoms with E-state index in [-0.39, 0.29) is 18.1 Å². The maximum Gasteiger partial charge on any atom is 0.410 e.